The van der Waals surface area contributed by atoms with Gasteiger partial charge < -0.3 is 10.6 Å². The fourth-order valence-electron chi connectivity index (χ4n) is 1.73. The van der Waals surface area contributed by atoms with Crippen LogP contribution in [0.4, 0.5) is 0 Å². The second kappa shape index (κ2) is 7.81. The highest BCUT2D eigenvalue weighted by Gasteiger charge is 2.05. The molecule has 1 rings (SSSR count). The van der Waals surface area contributed by atoms with Gasteiger partial charge in [0.25, 0.3) is 0 Å². The zero-order valence-corrected chi connectivity index (χ0v) is 11.4. The Labute approximate surface area is 108 Å². The molecule has 1 heterocycles. The summed E-state index contributed by atoms with van der Waals surface area (Å²) in [5.74, 6) is 0.842. The maximum atomic E-state index is 11.5. The van der Waals surface area contributed by atoms with Gasteiger partial charge in [0.2, 0.25) is 5.91 Å². The summed E-state index contributed by atoms with van der Waals surface area (Å²) in [6.07, 6.45) is 4.51. The summed E-state index contributed by atoms with van der Waals surface area (Å²) < 4.78 is 1.68. The highest BCUT2D eigenvalue weighted by atomic mass is 16.1. The van der Waals surface area contributed by atoms with Crippen LogP contribution in [0.15, 0.2) is 6.33 Å². The van der Waals surface area contributed by atoms with E-state index in [1.807, 2.05) is 14.0 Å². The van der Waals surface area contributed by atoms with Gasteiger partial charge in [-0.2, -0.15) is 5.10 Å². The Balaban J connectivity index is 2.08. The molecule has 102 valence electrons. The van der Waals surface area contributed by atoms with Gasteiger partial charge in [-0.1, -0.05) is 13.3 Å². The Morgan fingerprint density at radius 3 is 2.94 bits per heavy atom. The molecule has 0 spiro atoms. The minimum atomic E-state index is 0.0462. The molecule has 1 atom stereocenters. The summed E-state index contributed by atoms with van der Waals surface area (Å²) in [4.78, 5) is 15.7. The van der Waals surface area contributed by atoms with Gasteiger partial charge in [-0.15, -0.1) is 0 Å². The monoisotopic (exact) mass is 253 g/mol. The van der Waals surface area contributed by atoms with Crippen molar-refractivity contribution in [3.63, 3.8) is 0 Å². The summed E-state index contributed by atoms with van der Waals surface area (Å²) in [5.41, 5.74) is 0. The average molecular weight is 253 g/mol. The Morgan fingerprint density at radius 1 is 1.56 bits per heavy atom. The molecule has 0 saturated heterocycles. The SMILES string of the molecule is CCCC(C)NC(=O)CNCCc1ncn(C)n1. The fourth-order valence-corrected chi connectivity index (χ4v) is 1.73. The lowest BCUT2D eigenvalue weighted by atomic mass is 10.2. The van der Waals surface area contributed by atoms with Gasteiger partial charge in [0.1, 0.15) is 6.33 Å². The molecular formula is C12H23N5O. The van der Waals surface area contributed by atoms with Crippen LogP contribution >= 0.6 is 0 Å². The minimum Gasteiger partial charge on any atom is -0.353 e. The van der Waals surface area contributed by atoms with Crippen molar-refractivity contribution < 1.29 is 4.79 Å². The molecule has 2 N–H and O–H groups in total. The van der Waals surface area contributed by atoms with Crippen molar-refractivity contribution >= 4 is 5.91 Å². The molecule has 0 aliphatic rings. The smallest absolute Gasteiger partial charge is 0.234 e. The van der Waals surface area contributed by atoms with Crippen molar-refractivity contribution in [2.45, 2.75) is 39.2 Å². The molecule has 1 amide bonds. The quantitative estimate of drug-likeness (QED) is 0.652. The predicted octanol–water partition coefficient (Wildman–Crippen LogP) is 0.252. The van der Waals surface area contributed by atoms with Crippen molar-refractivity contribution in [2.24, 2.45) is 7.05 Å². The molecule has 1 unspecified atom stereocenters. The first-order valence-electron chi connectivity index (χ1n) is 6.46. The number of nitrogens with one attached hydrogen (secondary N) is 2. The van der Waals surface area contributed by atoms with Crippen LogP contribution in [0.25, 0.3) is 0 Å². The van der Waals surface area contributed by atoms with Crippen LogP contribution in [0.2, 0.25) is 0 Å². The molecule has 0 saturated carbocycles. The van der Waals surface area contributed by atoms with Crippen LogP contribution in [0.5, 0.6) is 0 Å². The number of hydrogen-bond acceptors (Lipinski definition) is 4. The molecule has 6 nitrogen and oxygen atoms in total. The number of nitrogens with zero attached hydrogens (tertiary/aromatic N) is 3. The first-order chi connectivity index (χ1) is 8.61. The number of aromatic nitrogens is 3. The van der Waals surface area contributed by atoms with E-state index < -0.39 is 0 Å². The third kappa shape index (κ3) is 5.77. The van der Waals surface area contributed by atoms with Crippen LogP contribution < -0.4 is 10.6 Å². The number of carbonyl (C=O) groups excluding carboxylic acids is 1. The number of hydrogen-bond donors (Lipinski definition) is 2. The molecule has 0 aliphatic heterocycles. The zero-order valence-electron chi connectivity index (χ0n) is 11.4. The normalized spacial score (nSPS) is 12.4. The summed E-state index contributed by atoms with van der Waals surface area (Å²) in [7, 11) is 1.84. The summed E-state index contributed by atoms with van der Waals surface area (Å²) in [5, 5.41) is 10.2. The van der Waals surface area contributed by atoms with Crippen LogP contribution in [0.3, 0.4) is 0 Å². The van der Waals surface area contributed by atoms with E-state index in [2.05, 4.69) is 27.6 Å². The van der Waals surface area contributed by atoms with E-state index in [0.29, 0.717) is 13.1 Å². The topological polar surface area (TPSA) is 71.8 Å². The summed E-state index contributed by atoms with van der Waals surface area (Å²) in [6.45, 7) is 5.19. The van der Waals surface area contributed by atoms with Crippen LogP contribution in [0, 0.1) is 0 Å². The van der Waals surface area contributed by atoms with Gasteiger partial charge in [-0.3, -0.25) is 9.48 Å². The highest BCUT2D eigenvalue weighted by Crippen LogP contribution is 1.93. The third-order valence-electron chi connectivity index (χ3n) is 2.59. The van der Waals surface area contributed by atoms with E-state index in [0.717, 1.165) is 25.1 Å². The Morgan fingerprint density at radius 2 is 2.33 bits per heavy atom. The van der Waals surface area contributed by atoms with Gasteiger partial charge >= 0.3 is 0 Å². The van der Waals surface area contributed by atoms with E-state index in [1.54, 1.807) is 11.0 Å². The van der Waals surface area contributed by atoms with Crippen molar-refractivity contribution in [1.29, 1.82) is 0 Å². The average Bonchev–Trinajstić information content (AvgIpc) is 2.71. The van der Waals surface area contributed by atoms with E-state index >= 15 is 0 Å². The van der Waals surface area contributed by atoms with Gasteiger partial charge in [0.05, 0.1) is 6.54 Å². The largest absolute Gasteiger partial charge is 0.353 e. The van der Waals surface area contributed by atoms with Crippen molar-refractivity contribution in [3.8, 4) is 0 Å². The Kier molecular flexibility index (Phi) is 6.35. The highest BCUT2D eigenvalue weighted by molar-refractivity contribution is 5.78. The third-order valence-corrected chi connectivity index (χ3v) is 2.59. The molecule has 18 heavy (non-hydrogen) atoms. The zero-order chi connectivity index (χ0) is 13.4. The molecule has 1 aromatic rings. The van der Waals surface area contributed by atoms with Crippen molar-refractivity contribution in [2.75, 3.05) is 13.1 Å². The molecule has 6 heteroatoms. The molecular weight excluding hydrogens is 230 g/mol. The van der Waals surface area contributed by atoms with E-state index in [4.69, 9.17) is 0 Å². The van der Waals surface area contributed by atoms with Crippen LogP contribution in [-0.2, 0) is 18.3 Å². The van der Waals surface area contributed by atoms with Crippen LogP contribution in [-0.4, -0.2) is 39.8 Å². The number of aryl methyl sites for hydroxylation is 1. The lowest BCUT2D eigenvalue weighted by Gasteiger charge is -2.12. The van der Waals surface area contributed by atoms with Crippen molar-refractivity contribution in [3.05, 3.63) is 12.2 Å². The minimum absolute atomic E-state index is 0.0462. The first kappa shape index (κ1) is 14.6. The maximum Gasteiger partial charge on any atom is 0.234 e. The number of carbonyl (C=O) groups is 1. The van der Waals surface area contributed by atoms with E-state index in [1.165, 1.54) is 0 Å². The fraction of sp³-hybridized carbons (Fsp3) is 0.750. The first-order valence-corrected chi connectivity index (χ1v) is 6.46. The predicted molar refractivity (Wildman–Crippen MR) is 70.1 cm³/mol. The summed E-state index contributed by atoms with van der Waals surface area (Å²) in [6, 6.07) is 0.252. The lowest BCUT2D eigenvalue weighted by molar-refractivity contribution is -0.120. The van der Waals surface area contributed by atoms with Crippen LogP contribution in [0.1, 0.15) is 32.5 Å². The van der Waals surface area contributed by atoms with Gasteiger partial charge in [-0.25, -0.2) is 4.98 Å². The standard InChI is InChI=1S/C12H23N5O/c1-4-5-10(2)15-12(18)8-13-7-6-11-14-9-17(3)16-11/h9-10,13H,4-8H2,1-3H3,(H,15,18). The molecule has 0 aliphatic carbocycles. The number of amides is 1. The molecule has 1 aromatic heterocycles. The molecule has 0 bridgehead atoms. The number of rotatable bonds is 8. The second-order valence-electron chi connectivity index (χ2n) is 4.52. The van der Waals surface area contributed by atoms with E-state index in [9.17, 15) is 4.79 Å². The lowest BCUT2D eigenvalue weighted by Crippen LogP contribution is -2.39. The van der Waals surface area contributed by atoms with Gasteiger partial charge in [0, 0.05) is 26.1 Å². The van der Waals surface area contributed by atoms with Gasteiger partial charge in [-0.05, 0) is 13.3 Å². The van der Waals surface area contributed by atoms with Crippen molar-refractivity contribution in [1.82, 2.24) is 25.4 Å². The summed E-state index contributed by atoms with van der Waals surface area (Å²) >= 11 is 0. The molecule has 0 aromatic carbocycles. The Bertz CT molecular complexity index is 363. The Hall–Kier alpha value is -1.43. The maximum absolute atomic E-state index is 11.5. The second-order valence-corrected chi connectivity index (χ2v) is 4.52. The molecule has 0 fully saturated rings. The van der Waals surface area contributed by atoms with Gasteiger partial charge in [0.15, 0.2) is 5.82 Å². The van der Waals surface area contributed by atoms with E-state index in [-0.39, 0.29) is 11.9 Å². The molecule has 0 radical (unpaired) electrons.